The number of nitrogens with zero attached hydrogens (tertiary/aromatic N) is 3. The topological polar surface area (TPSA) is 88.9 Å². The third kappa shape index (κ3) is 4.91. The maximum Gasteiger partial charge on any atom is 0.243 e. The first-order valence-electron chi connectivity index (χ1n) is 7.91. The van der Waals surface area contributed by atoms with Crippen molar-refractivity contribution in [3.63, 3.8) is 0 Å². The minimum Gasteiger partial charge on any atom is -0.350 e. The molecule has 0 saturated heterocycles. The van der Waals surface area contributed by atoms with Crippen LogP contribution in [-0.2, 0) is 22.7 Å². The number of hydrogen-bond acceptors (Lipinski definition) is 4. The highest BCUT2D eigenvalue weighted by Crippen LogP contribution is 2.10. The van der Waals surface area contributed by atoms with Crippen molar-refractivity contribution < 1.29 is 9.59 Å². The number of rotatable bonds is 7. The van der Waals surface area contributed by atoms with Crippen molar-refractivity contribution in [3.05, 3.63) is 48.0 Å². The van der Waals surface area contributed by atoms with E-state index in [9.17, 15) is 9.59 Å². The largest absolute Gasteiger partial charge is 0.350 e. The second-order valence-electron chi connectivity index (χ2n) is 6.00. The Hall–Kier alpha value is -2.70. The summed E-state index contributed by atoms with van der Waals surface area (Å²) in [6, 6.07) is 7.31. The first-order chi connectivity index (χ1) is 11.5. The van der Waals surface area contributed by atoms with Crippen LogP contribution < -0.4 is 10.6 Å². The predicted octanol–water partition coefficient (Wildman–Crippen LogP) is 1.10. The normalized spacial score (nSPS) is 12.0. The van der Waals surface area contributed by atoms with Crippen molar-refractivity contribution in [2.45, 2.75) is 39.9 Å². The Morgan fingerprint density at radius 1 is 1.21 bits per heavy atom. The molecule has 1 atom stereocenters. The molecule has 0 spiro atoms. The number of benzene rings is 1. The van der Waals surface area contributed by atoms with E-state index in [0.29, 0.717) is 13.1 Å². The van der Waals surface area contributed by atoms with Crippen LogP contribution in [0, 0.1) is 5.92 Å². The summed E-state index contributed by atoms with van der Waals surface area (Å²) >= 11 is 0. The van der Waals surface area contributed by atoms with Gasteiger partial charge in [-0.25, -0.2) is 9.67 Å². The van der Waals surface area contributed by atoms with Gasteiger partial charge < -0.3 is 10.6 Å². The smallest absolute Gasteiger partial charge is 0.243 e. The lowest BCUT2D eigenvalue weighted by molar-refractivity contribution is -0.129. The average molecular weight is 329 g/mol. The highest BCUT2D eigenvalue weighted by molar-refractivity contribution is 5.87. The van der Waals surface area contributed by atoms with E-state index in [1.165, 1.54) is 13.3 Å². The summed E-state index contributed by atoms with van der Waals surface area (Å²) in [7, 11) is 0. The van der Waals surface area contributed by atoms with E-state index in [4.69, 9.17) is 0 Å². The molecule has 2 aromatic rings. The summed E-state index contributed by atoms with van der Waals surface area (Å²) in [5.74, 6) is -0.384. The molecule has 2 N–H and O–H groups in total. The molecular formula is C17H23N5O2. The van der Waals surface area contributed by atoms with E-state index in [0.717, 1.165) is 11.1 Å². The van der Waals surface area contributed by atoms with E-state index in [1.807, 2.05) is 38.1 Å². The summed E-state index contributed by atoms with van der Waals surface area (Å²) in [6.07, 6.45) is 3.14. The molecule has 0 fully saturated rings. The maximum absolute atomic E-state index is 12.4. The fraction of sp³-hybridized carbons (Fsp3) is 0.412. The molecule has 24 heavy (non-hydrogen) atoms. The van der Waals surface area contributed by atoms with Gasteiger partial charge in [0.05, 0.1) is 6.54 Å². The van der Waals surface area contributed by atoms with Crippen molar-refractivity contribution in [2.75, 3.05) is 0 Å². The average Bonchev–Trinajstić information content (AvgIpc) is 3.04. The highest BCUT2D eigenvalue weighted by Gasteiger charge is 2.22. The number of nitrogens with one attached hydrogen (secondary N) is 2. The Balaban J connectivity index is 2.03. The van der Waals surface area contributed by atoms with Crippen molar-refractivity contribution in [1.82, 2.24) is 25.4 Å². The zero-order valence-corrected chi connectivity index (χ0v) is 14.2. The zero-order valence-electron chi connectivity index (χ0n) is 14.2. The van der Waals surface area contributed by atoms with E-state index in [1.54, 1.807) is 11.0 Å². The number of hydrogen-bond donors (Lipinski definition) is 2. The molecule has 7 heteroatoms. The third-order valence-corrected chi connectivity index (χ3v) is 3.68. The molecular weight excluding hydrogens is 306 g/mol. The van der Waals surface area contributed by atoms with Gasteiger partial charge in [-0.1, -0.05) is 38.1 Å². The predicted molar refractivity (Wildman–Crippen MR) is 89.9 cm³/mol. The van der Waals surface area contributed by atoms with Crippen LogP contribution >= 0.6 is 0 Å². The summed E-state index contributed by atoms with van der Waals surface area (Å²) in [4.78, 5) is 27.6. The number of aromatic nitrogens is 3. The lowest BCUT2D eigenvalue weighted by Crippen LogP contribution is -2.48. The monoisotopic (exact) mass is 329 g/mol. The van der Waals surface area contributed by atoms with Crippen molar-refractivity contribution in [1.29, 1.82) is 0 Å². The van der Waals surface area contributed by atoms with Crippen LogP contribution in [0.25, 0.3) is 0 Å². The lowest BCUT2D eigenvalue weighted by atomic mass is 10.0. The second kappa shape index (κ2) is 8.24. The summed E-state index contributed by atoms with van der Waals surface area (Å²) in [6.45, 7) is 6.20. The molecule has 128 valence electrons. The van der Waals surface area contributed by atoms with E-state index in [-0.39, 0.29) is 17.7 Å². The highest BCUT2D eigenvalue weighted by atomic mass is 16.2. The Labute approximate surface area is 141 Å². The van der Waals surface area contributed by atoms with Gasteiger partial charge in [0.1, 0.15) is 18.7 Å². The Bertz CT molecular complexity index is 682. The molecule has 1 heterocycles. The van der Waals surface area contributed by atoms with Gasteiger partial charge >= 0.3 is 0 Å². The third-order valence-electron chi connectivity index (χ3n) is 3.68. The molecule has 7 nitrogen and oxygen atoms in total. The first kappa shape index (κ1) is 17.7. The van der Waals surface area contributed by atoms with Crippen molar-refractivity contribution in [3.8, 4) is 0 Å². The summed E-state index contributed by atoms with van der Waals surface area (Å²) in [5.41, 5.74) is 2.07. The second-order valence-corrected chi connectivity index (χ2v) is 6.00. The quantitative estimate of drug-likeness (QED) is 0.796. The van der Waals surface area contributed by atoms with E-state index < -0.39 is 6.04 Å². The Morgan fingerprint density at radius 2 is 1.92 bits per heavy atom. The van der Waals surface area contributed by atoms with Crippen LogP contribution in [-0.4, -0.2) is 32.6 Å². The molecule has 0 aliphatic heterocycles. The van der Waals surface area contributed by atoms with Gasteiger partial charge in [0.15, 0.2) is 0 Å². The van der Waals surface area contributed by atoms with E-state index in [2.05, 4.69) is 20.7 Å². The molecule has 2 rings (SSSR count). The van der Waals surface area contributed by atoms with Crippen LogP contribution in [0.4, 0.5) is 0 Å². The fourth-order valence-corrected chi connectivity index (χ4v) is 2.42. The van der Waals surface area contributed by atoms with Crippen LogP contribution in [0.1, 0.15) is 31.9 Å². The summed E-state index contributed by atoms with van der Waals surface area (Å²) < 4.78 is 1.73. The van der Waals surface area contributed by atoms with Gasteiger partial charge in [0.2, 0.25) is 11.8 Å². The molecule has 0 unspecified atom stereocenters. The first-order valence-corrected chi connectivity index (χ1v) is 7.91. The number of carbonyl (C=O) groups excluding carboxylic acids is 2. The van der Waals surface area contributed by atoms with Gasteiger partial charge in [-0.2, -0.15) is 5.10 Å². The Morgan fingerprint density at radius 3 is 2.50 bits per heavy atom. The zero-order chi connectivity index (χ0) is 17.5. The Kier molecular flexibility index (Phi) is 6.06. The molecule has 0 radical (unpaired) electrons. The maximum atomic E-state index is 12.4. The summed E-state index contributed by atoms with van der Waals surface area (Å²) in [5, 5.41) is 9.70. The van der Waals surface area contributed by atoms with Crippen molar-refractivity contribution in [2.24, 2.45) is 5.92 Å². The molecule has 0 bridgehead atoms. The SMILES string of the molecule is CC(=O)N[C@H](C(=O)NCc1ccccc1Cn1cncn1)C(C)C. The minimum atomic E-state index is -0.537. The fourth-order valence-electron chi connectivity index (χ4n) is 2.42. The van der Waals surface area contributed by atoms with Gasteiger partial charge in [-0.3, -0.25) is 9.59 Å². The molecule has 0 saturated carbocycles. The molecule has 1 aromatic heterocycles. The van der Waals surface area contributed by atoms with Crippen LogP contribution in [0.5, 0.6) is 0 Å². The molecule has 0 aliphatic carbocycles. The van der Waals surface area contributed by atoms with Crippen LogP contribution in [0.3, 0.4) is 0 Å². The molecule has 0 aliphatic rings. The van der Waals surface area contributed by atoms with E-state index >= 15 is 0 Å². The molecule has 1 aromatic carbocycles. The van der Waals surface area contributed by atoms with Gasteiger partial charge in [-0.05, 0) is 17.0 Å². The standard InChI is InChI=1S/C17H23N5O2/c1-12(2)16(21-13(3)23)17(24)19-8-14-6-4-5-7-15(14)9-22-11-18-10-20-22/h4-7,10-12,16H,8-9H2,1-3H3,(H,19,24)(H,21,23)/t16-/m0/s1. The van der Waals surface area contributed by atoms with Crippen molar-refractivity contribution >= 4 is 11.8 Å². The van der Waals surface area contributed by atoms with Gasteiger partial charge in [0, 0.05) is 13.5 Å². The number of amides is 2. The van der Waals surface area contributed by atoms with Crippen LogP contribution in [0.15, 0.2) is 36.9 Å². The van der Waals surface area contributed by atoms with Gasteiger partial charge in [0.25, 0.3) is 0 Å². The van der Waals surface area contributed by atoms with Gasteiger partial charge in [-0.15, -0.1) is 0 Å². The molecule has 2 amide bonds. The van der Waals surface area contributed by atoms with Crippen LogP contribution in [0.2, 0.25) is 0 Å². The minimum absolute atomic E-state index is 0.0132. The number of carbonyl (C=O) groups is 2. The lowest BCUT2D eigenvalue weighted by Gasteiger charge is -2.21.